The molecule has 3 rings (SSSR count). The molecule has 3 aliphatic rings. The third-order valence-electron chi connectivity index (χ3n) is 12.7. The highest BCUT2D eigenvalue weighted by Gasteiger charge is 2.51. The Labute approximate surface area is 405 Å². The van der Waals surface area contributed by atoms with Crippen LogP contribution in [0.5, 0.6) is 0 Å². The third-order valence-corrected chi connectivity index (χ3v) is 12.7. The quantitative estimate of drug-likeness (QED) is 0.123. The number of hydrogen-bond acceptors (Lipinski definition) is 18. The smallest absolute Gasteiger partial charge is 0.311 e. The summed E-state index contributed by atoms with van der Waals surface area (Å²) >= 11 is 0. The van der Waals surface area contributed by atoms with E-state index >= 15 is 0 Å². The molecule has 69 heavy (non-hydrogen) atoms. The zero-order valence-corrected chi connectivity index (χ0v) is 40.2. The highest BCUT2D eigenvalue weighted by molar-refractivity contribution is 5.71. The van der Waals surface area contributed by atoms with Crippen LogP contribution >= 0.6 is 0 Å². The number of carbonyl (C=O) groups is 2. The Kier molecular flexibility index (Phi) is 26.4. The Balaban J connectivity index is 1.89. The standard InChI is InChI=1S/C50H80N2O17/c1-30-18-15-13-11-9-7-5-6-8-10-12-14-16-19-37(68-49-47(62)44(52-23-17-22-51)46(61)33(4)67-49)27-41-43(48(63)64)40(58)29-50(65,69-41)28-36(55)25-39(57)38(56)21-20-34(53)24-35(54)26-42(59)66-32(3)31(2)45(30)60/h5-16,18-19,30-41,43-47,49,52-58,60-62,65H,17,20-29,51H2,1-4H3,(H,63,64)/b6-5+,9-7+,10-8+,13-11+,14-12+,18-15+,19-16+/t30-,31-,32-,33+,34+,35+,36-,37-,38+,39+,40-,41-,43+,44-,45+,46+,47-,49?,50+/m0/s1. The van der Waals surface area contributed by atoms with Crippen molar-refractivity contribution in [3.8, 4) is 0 Å². The molecule has 0 radical (unpaired) electrons. The summed E-state index contributed by atoms with van der Waals surface area (Å²) < 4.78 is 23.6. The van der Waals surface area contributed by atoms with Crippen LogP contribution in [0.2, 0.25) is 0 Å². The van der Waals surface area contributed by atoms with E-state index < -0.39 is 147 Å². The molecule has 19 nitrogen and oxygen atoms in total. The molecule has 0 aromatic carbocycles. The van der Waals surface area contributed by atoms with E-state index in [1.54, 1.807) is 81.5 Å². The molecule has 2 saturated heterocycles. The van der Waals surface area contributed by atoms with Crippen LogP contribution in [0.1, 0.15) is 85.5 Å². The van der Waals surface area contributed by atoms with E-state index in [1.807, 2.05) is 31.2 Å². The van der Waals surface area contributed by atoms with Crippen molar-refractivity contribution in [1.82, 2.24) is 5.32 Å². The summed E-state index contributed by atoms with van der Waals surface area (Å²) in [5, 5.41) is 123. The first-order valence-corrected chi connectivity index (χ1v) is 24.0. The number of aliphatic carboxylic acids is 1. The maximum atomic E-state index is 12.6. The average Bonchev–Trinajstić information content (AvgIpc) is 3.26. The minimum atomic E-state index is -2.33. The Morgan fingerprint density at radius 1 is 0.710 bits per heavy atom. The van der Waals surface area contributed by atoms with Crippen molar-refractivity contribution in [3.05, 3.63) is 85.1 Å². The summed E-state index contributed by atoms with van der Waals surface area (Å²) in [5.41, 5.74) is 5.64. The summed E-state index contributed by atoms with van der Waals surface area (Å²) in [6.45, 7) is 7.56. The van der Waals surface area contributed by atoms with Gasteiger partial charge in [-0.2, -0.15) is 0 Å². The van der Waals surface area contributed by atoms with Crippen molar-refractivity contribution >= 4 is 11.9 Å². The van der Waals surface area contributed by atoms with E-state index in [0.717, 1.165) is 0 Å². The first-order chi connectivity index (χ1) is 32.7. The van der Waals surface area contributed by atoms with Crippen molar-refractivity contribution in [2.75, 3.05) is 13.1 Å². The molecule has 2 bridgehead atoms. The van der Waals surface area contributed by atoms with Crippen LogP contribution in [-0.4, -0.2) is 179 Å². The normalized spacial score (nSPS) is 43.6. The molecule has 2 fully saturated rings. The van der Waals surface area contributed by atoms with Gasteiger partial charge in [0.05, 0.1) is 79.6 Å². The number of carboxylic acid groups (broad SMARTS) is 1. The molecule has 19 atom stereocenters. The number of aliphatic hydroxyl groups is 10. The summed E-state index contributed by atoms with van der Waals surface area (Å²) in [4.78, 5) is 25.2. The molecule has 0 aromatic rings. The lowest BCUT2D eigenvalue weighted by Crippen LogP contribution is -2.63. The molecule has 392 valence electrons. The lowest BCUT2D eigenvalue weighted by molar-refractivity contribution is -0.309. The molecule has 0 saturated carbocycles. The molecule has 3 heterocycles. The van der Waals surface area contributed by atoms with Crippen molar-refractivity contribution in [2.45, 2.75) is 183 Å². The van der Waals surface area contributed by atoms with Gasteiger partial charge in [0.1, 0.15) is 18.1 Å². The van der Waals surface area contributed by atoms with Gasteiger partial charge in [0.25, 0.3) is 0 Å². The highest BCUT2D eigenvalue weighted by Crippen LogP contribution is 2.38. The van der Waals surface area contributed by atoms with Gasteiger partial charge in [-0.3, -0.25) is 9.59 Å². The number of aliphatic hydroxyl groups excluding tert-OH is 9. The number of nitrogens with one attached hydrogen (secondary N) is 1. The van der Waals surface area contributed by atoms with Gasteiger partial charge in [-0.15, -0.1) is 0 Å². The van der Waals surface area contributed by atoms with Gasteiger partial charge in [-0.05, 0) is 52.6 Å². The zero-order valence-electron chi connectivity index (χ0n) is 40.2. The third kappa shape index (κ3) is 20.6. The number of carboxylic acids is 1. The van der Waals surface area contributed by atoms with Gasteiger partial charge < -0.3 is 86.2 Å². The Hall–Kier alpha value is -3.48. The Morgan fingerprint density at radius 3 is 1.90 bits per heavy atom. The molecule has 0 amide bonds. The van der Waals surface area contributed by atoms with Crippen LogP contribution in [-0.2, 0) is 28.5 Å². The van der Waals surface area contributed by atoms with Crippen molar-refractivity contribution in [1.29, 1.82) is 0 Å². The van der Waals surface area contributed by atoms with E-state index in [9.17, 15) is 65.8 Å². The number of rotatable bonds is 7. The number of nitrogens with two attached hydrogens (primary N) is 1. The van der Waals surface area contributed by atoms with E-state index in [0.29, 0.717) is 19.5 Å². The zero-order chi connectivity index (χ0) is 51.3. The van der Waals surface area contributed by atoms with Gasteiger partial charge in [0.15, 0.2) is 12.1 Å². The number of carbonyl (C=O) groups excluding carboxylic acids is 1. The average molecular weight is 981 g/mol. The number of cyclic esters (lactones) is 1. The van der Waals surface area contributed by atoms with Crippen LogP contribution in [0.3, 0.4) is 0 Å². The monoisotopic (exact) mass is 981 g/mol. The first kappa shape index (κ1) is 59.8. The molecular formula is C50H80N2O17. The molecule has 3 aliphatic heterocycles. The minimum absolute atomic E-state index is 0.108. The van der Waals surface area contributed by atoms with E-state index in [4.69, 9.17) is 24.7 Å². The predicted molar refractivity (Wildman–Crippen MR) is 254 cm³/mol. The second-order valence-corrected chi connectivity index (χ2v) is 18.6. The predicted octanol–water partition coefficient (Wildman–Crippen LogP) is 0.691. The SMILES string of the molecule is C[C@@H]1[C@H](O)[C@@H](C)/C=C/C=C/C=C/C=C/C=C/C=C/C=C/[C@H](OC2O[C@H](C)[C@@H](O)[C@H](NCCCN)[C@@H]2O)C[C@@H]2O[C@](O)(C[C@@H](O)C[C@@H](O)[C@H](O)CC[C@@H](O)C[C@@H](O)CC(=O)O[C@H]1C)C[C@H](O)[C@H]2C(=O)O. The Morgan fingerprint density at radius 2 is 1.30 bits per heavy atom. The lowest BCUT2D eigenvalue weighted by atomic mass is 9.82. The first-order valence-electron chi connectivity index (χ1n) is 24.0. The topological polar surface area (TPSA) is 332 Å². The maximum absolute atomic E-state index is 12.6. The molecular weight excluding hydrogens is 901 g/mol. The molecule has 14 N–H and O–H groups in total. The fraction of sp³-hybridized carbons (Fsp3) is 0.680. The fourth-order valence-corrected chi connectivity index (χ4v) is 8.55. The lowest BCUT2D eigenvalue weighted by Gasteiger charge is -2.45. The summed E-state index contributed by atoms with van der Waals surface area (Å²) in [6.07, 6.45) is 4.43. The summed E-state index contributed by atoms with van der Waals surface area (Å²) in [6, 6.07) is -0.883. The van der Waals surface area contributed by atoms with Crippen molar-refractivity contribution < 1.29 is 84.7 Å². The van der Waals surface area contributed by atoms with Crippen molar-refractivity contribution in [3.63, 3.8) is 0 Å². The number of allylic oxidation sites excluding steroid dienone is 12. The van der Waals surface area contributed by atoms with Crippen LogP contribution in [0, 0.1) is 17.8 Å². The van der Waals surface area contributed by atoms with Gasteiger partial charge >= 0.3 is 11.9 Å². The number of fused-ring (bicyclic) bond motifs is 2. The minimum Gasteiger partial charge on any atom is -0.481 e. The maximum Gasteiger partial charge on any atom is 0.311 e. The van der Waals surface area contributed by atoms with Gasteiger partial charge in [0, 0.05) is 37.5 Å². The summed E-state index contributed by atoms with van der Waals surface area (Å²) in [7, 11) is 0. The fourth-order valence-electron chi connectivity index (χ4n) is 8.55. The molecule has 0 spiro atoms. The summed E-state index contributed by atoms with van der Waals surface area (Å²) in [5.74, 6) is -6.83. The second kappa shape index (κ2) is 30.4. The largest absolute Gasteiger partial charge is 0.481 e. The molecule has 0 aromatic heterocycles. The second-order valence-electron chi connectivity index (χ2n) is 18.6. The molecule has 1 unspecified atom stereocenters. The van der Waals surface area contributed by atoms with Crippen LogP contribution < -0.4 is 11.1 Å². The molecule has 0 aliphatic carbocycles. The number of esters is 1. The van der Waals surface area contributed by atoms with E-state index in [2.05, 4.69) is 5.32 Å². The van der Waals surface area contributed by atoms with Gasteiger partial charge in [-0.25, -0.2) is 0 Å². The van der Waals surface area contributed by atoms with Gasteiger partial charge in [0.2, 0.25) is 0 Å². The van der Waals surface area contributed by atoms with E-state index in [-0.39, 0.29) is 31.6 Å². The van der Waals surface area contributed by atoms with Crippen LogP contribution in [0.25, 0.3) is 0 Å². The van der Waals surface area contributed by atoms with Crippen LogP contribution in [0.4, 0.5) is 0 Å². The Bertz CT molecular complexity index is 1740. The number of ether oxygens (including phenoxy) is 4. The van der Waals surface area contributed by atoms with Crippen LogP contribution in [0.15, 0.2) is 85.1 Å². The van der Waals surface area contributed by atoms with E-state index in [1.165, 1.54) is 0 Å². The van der Waals surface area contributed by atoms with Crippen molar-refractivity contribution in [2.24, 2.45) is 23.5 Å². The number of hydrogen-bond donors (Lipinski definition) is 13. The highest BCUT2D eigenvalue weighted by atomic mass is 16.7. The molecule has 19 heteroatoms. The van der Waals surface area contributed by atoms with Gasteiger partial charge in [-0.1, -0.05) is 98.9 Å².